The SMILES string of the molecule is O=Cc1cccc(C=CCC(=O)O)c1O. The van der Waals surface area contributed by atoms with Crippen LogP contribution in [0.4, 0.5) is 0 Å². The molecule has 4 heteroatoms. The highest BCUT2D eigenvalue weighted by Gasteiger charge is 2.02. The largest absolute Gasteiger partial charge is 0.507 e. The lowest BCUT2D eigenvalue weighted by Gasteiger charge is -2.00. The first kappa shape index (κ1) is 11.0. The van der Waals surface area contributed by atoms with E-state index >= 15 is 0 Å². The van der Waals surface area contributed by atoms with Crippen molar-refractivity contribution in [2.45, 2.75) is 6.42 Å². The van der Waals surface area contributed by atoms with Crippen LogP contribution in [0.3, 0.4) is 0 Å². The van der Waals surface area contributed by atoms with Gasteiger partial charge in [0.1, 0.15) is 5.75 Å². The van der Waals surface area contributed by atoms with E-state index in [-0.39, 0.29) is 17.7 Å². The lowest BCUT2D eigenvalue weighted by molar-refractivity contribution is -0.135. The summed E-state index contributed by atoms with van der Waals surface area (Å²) in [7, 11) is 0. The van der Waals surface area contributed by atoms with Crippen molar-refractivity contribution in [3.63, 3.8) is 0 Å². The number of hydrogen-bond donors (Lipinski definition) is 2. The summed E-state index contributed by atoms with van der Waals surface area (Å²) in [6, 6.07) is 4.70. The number of carboxylic acids is 1. The van der Waals surface area contributed by atoms with E-state index in [0.717, 1.165) is 0 Å². The molecule has 0 saturated carbocycles. The van der Waals surface area contributed by atoms with Gasteiger partial charge in [-0.25, -0.2) is 0 Å². The van der Waals surface area contributed by atoms with Gasteiger partial charge in [0.15, 0.2) is 6.29 Å². The molecule has 1 aromatic carbocycles. The second kappa shape index (κ2) is 4.95. The molecule has 0 aliphatic rings. The fraction of sp³-hybridized carbons (Fsp3) is 0.0909. The molecule has 0 atom stereocenters. The zero-order valence-electron chi connectivity index (χ0n) is 7.88. The molecule has 0 saturated heterocycles. The van der Waals surface area contributed by atoms with Crippen LogP contribution in [0.2, 0.25) is 0 Å². The minimum atomic E-state index is -0.947. The minimum absolute atomic E-state index is 0.120. The third-order valence-electron chi connectivity index (χ3n) is 1.82. The van der Waals surface area contributed by atoms with E-state index in [1.165, 1.54) is 18.2 Å². The van der Waals surface area contributed by atoms with E-state index in [9.17, 15) is 14.7 Å². The molecular weight excluding hydrogens is 196 g/mol. The lowest BCUT2D eigenvalue weighted by Crippen LogP contribution is -1.90. The summed E-state index contributed by atoms with van der Waals surface area (Å²) in [6.07, 6.45) is 3.30. The van der Waals surface area contributed by atoms with Crippen molar-refractivity contribution in [3.05, 3.63) is 35.4 Å². The zero-order valence-corrected chi connectivity index (χ0v) is 7.88. The molecule has 0 spiro atoms. The van der Waals surface area contributed by atoms with Gasteiger partial charge in [0, 0.05) is 5.56 Å². The van der Waals surface area contributed by atoms with Crippen LogP contribution in [0.25, 0.3) is 6.08 Å². The molecule has 0 aliphatic heterocycles. The quantitative estimate of drug-likeness (QED) is 0.735. The predicted molar refractivity (Wildman–Crippen MR) is 54.8 cm³/mol. The van der Waals surface area contributed by atoms with Crippen molar-refractivity contribution in [2.75, 3.05) is 0 Å². The fourth-order valence-electron chi connectivity index (χ4n) is 1.10. The summed E-state index contributed by atoms with van der Waals surface area (Å²) < 4.78 is 0. The monoisotopic (exact) mass is 206 g/mol. The molecule has 78 valence electrons. The highest BCUT2D eigenvalue weighted by molar-refractivity contribution is 5.82. The molecule has 0 amide bonds. The van der Waals surface area contributed by atoms with Crippen LogP contribution >= 0.6 is 0 Å². The van der Waals surface area contributed by atoms with Gasteiger partial charge in [0.25, 0.3) is 0 Å². The number of phenolic OH excluding ortho intramolecular Hbond substituents is 1. The number of para-hydroxylation sites is 1. The van der Waals surface area contributed by atoms with Gasteiger partial charge in [-0.1, -0.05) is 24.3 Å². The van der Waals surface area contributed by atoms with Gasteiger partial charge in [-0.05, 0) is 6.07 Å². The molecule has 0 aliphatic carbocycles. The molecule has 0 bridgehead atoms. The predicted octanol–water partition coefficient (Wildman–Crippen LogP) is 1.69. The zero-order chi connectivity index (χ0) is 11.3. The van der Waals surface area contributed by atoms with E-state index in [2.05, 4.69) is 0 Å². The van der Waals surface area contributed by atoms with Crippen LogP contribution in [-0.4, -0.2) is 22.5 Å². The first-order valence-electron chi connectivity index (χ1n) is 4.30. The van der Waals surface area contributed by atoms with Crippen LogP contribution in [0, 0.1) is 0 Å². The number of carbonyl (C=O) groups excluding carboxylic acids is 1. The molecule has 0 radical (unpaired) electrons. The minimum Gasteiger partial charge on any atom is -0.507 e. The number of hydrogen-bond acceptors (Lipinski definition) is 3. The average Bonchev–Trinajstić information content (AvgIpc) is 2.20. The van der Waals surface area contributed by atoms with Gasteiger partial charge in [-0.15, -0.1) is 0 Å². The van der Waals surface area contributed by atoms with Gasteiger partial charge in [-0.3, -0.25) is 9.59 Å². The normalized spacial score (nSPS) is 10.4. The number of aldehydes is 1. The molecule has 1 aromatic rings. The van der Waals surface area contributed by atoms with E-state index < -0.39 is 5.97 Å². The van der Waals surface area contributed by atoms with Gasteiger partial charge in [-0.2, -0.15) is 0 Å². The number of aromatic hydroxyl groups is 1. The van der Waals surface area contributed by atoms with Gasteiger partial charge >= 0.3 is 5.97 Å². The molecule has 0 aromatic heterocycles. The van der Waals surface area contributed by atoms with Gasteiger partial charge in [0.2, 0.25) is 0 Å². The van der Waals surface area contributed by atoms with E-state index in [4.69, 9.17) is 5.11 Å². The third-order valence-corrected chi connectivity index (χ3v) is 1.82. The third kappa shape index (κ3) is 2.95. The number of benzene rings is 1. The van der Waals surface area contributed by atoms with E-state index in [1.54, 1.807) is 12.1 Å². The van der Waals surface area contributed by atoms with Gasteiger partial charge < -0.3 is 10.2 Å². The molecular formula is C11H10O4. The Morgan fingerprint density at radius 1 is 1.33 bits per heavy atom. The Morgan fingerprint density at radius 2 is 2.00 bits per heavy atom. The Morgan fingerprint density at radius 3 is 2.60 bits per heavy atom. The summed E-state index contributed by atoms with van der Waals surface area (Å²) >= 11 is 0. The summed E-state index contributed by atoms with van der Waals surface area (Å²) in [5, 5.41) is 17.9. The number of phenols is 1. The van der Waals surface area contributed by atoms with E-state index in [1.807, 2.05) is 0 Å². The number of carboxylic acid groups (broad SMARTS) is 1. The van der Waals surface area contributed by atoms with Crippen molar-refractivity contribution in [1.82, 2.24) is 0 Å². The van der Waals surface area contributed by atoms with Crippen molar-refractivity contribution in [2.24, 2.45) is 0 Å². The Bertz CT molecular complexity index is 407. The Labute approximate surface area is 86.5 Å². The topological polar surface area (TPSA) is 74.6 Å². The molecule has 4 nitrogen and oxygen atoms in total. The maximum Gasteiger partial charge on any atom is 0.307 e. The first-order chi connectivity index (χ1) is 7.15. The number of rotatable bonds is 4. The maximum atomic E-state index is 10.5. The highest BCUT2D eigenvalue weighted by atomic mass is 16.4. The number of carbonyl (C=O) groups is 2. The van der Waals surface area contributed by atoms with Crippen LogP contribution < -0.4 is 0 Å². The molecule has 0 fully saturated rings. The van der Waals surface area contributed by atoms with Crippen LogP contribution in [0.15, 0.2) is 24.3 Å². The number of aliphatic carboxylic acids is 1. The van der Waals surface area contributed by atoms with Crippen molar-refractivity contribution in [3.8, 4) is 5.75 Å². The second-order valence-electron chi connectivity index (χ2n) is 2.90. The van der Waals surface area contributed by atoms with E-state index in [0.29, 0.717) is 11.8 Å². The summed E-state index contributed by atoms with van der Waals surface area (Å²) in [5.41, 5.74) is 0.619. The summed E-state index contributed by atoms with van der Waals surface area (Å²) in [6.45, 7) is 0. The first-order valence-corrected chi connectivity index (χ1v) is 4.30. The Kier molecular flexibility index (Phi) is 3.62. The average molecular weight is 206 g/mol. The standard InChI is InChI=1S/C11H10O4/c12-7-9-5-1-3-8(11(9)15)4-2-6-10(13)14/h1-5,7,15H,6H2,(H,13,14). The maximum absolute atomic E-state index is 10.5. The Hall–Kier alpha value is -2.10. The van der Waals surface area contributed by atoms with Crippen molar-refractivity contribution < 1.29 is 19.8 Å². The van der Waals surface area contributed by atoms with Crippen molar-refractivity contribution in [1.29, 1.82) is 0 Å². The molecule has 0 unspecified atom stereocenters. The van der Waals surface area contributed by atoms with Crippen LogP contribution in [0.5, 0.6) is 5.75 Å². The summed E-state index contributed by atoms with van der Waals surface area (Å²) in [5.74, 6) is -1.08. The molecule has 15 heavy (non-hydrogen) atoms. The second-order valence-corrected chi connectivity index (χ2v) is 2.90. The lowest BCUT2D eigenvalue weighted by atomic mass is 10.1. The van der Waals surface area contributed by atoms with Gasteiger partial charge in [0.05, 0.1) is 12.0 Å². The smallest absolute Gasteiger partial charge is 0.307 e. The van der Waals surface area contributed by atoms with Crippen molar-refractivity contribution >= 4 is 18.3 Å². The highest BCUT2D eigenvalue weighted by Crippen LogP contribution is 2.22. The summed E-state index contributed by atoms with van der Waals surface area (Å²) in [4.78, 5) is 20.7. The molecule has 2 N–H and O–H groups in total. The molecule has 1 rings (SSSR count). The van der Waals surface area contributed by atoms with Crippen LogP contribution in [0.1, 0.15) is 22.3 Å². The van der Waals surface area contributed by atoms with Crippen LogP contribution in [-0.2, 0) is 4.79 Å². The Balaban J connectivity index is 2.90. The molecule has 0 heterocycles. The fourth-order valence-corrected chi connectivity index (χ4v) is 1.10.